The topological polar surface area (TPSA) is 148 Å². The van der Waals surface area contributed by atoms with Crippen molar-refractivity contribution in [1.29, 1.82) is 0 Å². The zero-order chi connectivity index (χ0) is 38.3. The van der Waals surface area contributed by atoms with Gasteiger partial charge in [0.05, 0.1) is 31.5 Å². The first-order valence-electron chi connectivity index (χ1n) is 18.4. The number of aliphatic hydroxyl groups excluding tert-OH is 1. The number of carbonyl (C=O) groups is 3. The highest BCUT2D eigenvalue weighted by atomic mass is 28.3. The van der Waals surface area contributed by atoms with E-state index < -0.39 is 20.3 Å². The standard InChI is InChI=1S/C42H49N3O7Si/c1-7-42(51)32-22-34-38-28(24-45(34)40(50)30(32)16-19-36(42)48)21-31-33(44-38)17-18-35(39(31)53(5,6)41(2,3)4)52-37(49)9-8-20-43-23-27-12-10-26(11-13-27)14-15-29(47)25-46/h10-15,17-18,21-22,43,46,51H,7-9,16,19-20,23-25H2,1-6H3/b15-14+/t42-/m0/s1. The molecule has 3 N–H and O–H groups in total. The van der Waals surface area contributed by atoms with Crippen molar-refractivity contribution in [3.8, 4) is 17.1 Å². The van der Waals surface area contributed by atoms with E-state index in [1.165, 1.54) is 6.08 Å². The monoisotopic (exact) mass is 735 g/mol. The molecule has 278 valence electrons. The number of hydrogen-bond donors (Lipinski definition) is 3. The second kappa shape index (κ2) is 14.7. The summed E-state index contributed by atoms with van der Waals surface area (Å²) in [7, 11) is -2.33. The van der Waals surface area contributed by atoms with Crippen molar-refractivity contribution in [2.24, 2.45) is 0 Å². The summed E-state index contributed by atoms with van der Waals surface area (Å²) in [6, 6.07) is 15.3. The summed E-state index contributed by atoms with van der Waals surface area (Å²) in [6.07, 6.45) is 4.50. The van der Waals surface area contributed by atoms with Crippen LogP contribution in [0.15, 0.2) is 59.4 Å². The van der Waals surface area contributed by atoms with E-state index in [0.717, 1.165) is 32.8 Å². The molecule has 11 heteroatoms. The van der Waals surface area contributed by atoms with Gasteiger partial charge >= 0.3 is 5.97 Å². The smallest absolute Gasteiger partial charge is 0.311 e. The van der Waals surface area contributed by atoms with Crippen molar-refractivity contribution < 1.29 is 29.3 Å². The molecule has 2 aliphatic rings. The van der Waals surface area contributed by atoms with Gasteiger partial charge in [0.2, 0.25) is 0 Å². The molecular weight excluding hydrogens is 687 g/mol. The molecule has 10 nitrogen and oxygen atoms in total. The van der Waals surface area contributed by atoms with Crippen molar-refractivity contribution in [1.82, 2.24) is 14.9 Å². The van der Waals surface area contributed by atoms with Crippen LogP contribution in [0.4, 0.5) is 0 Å². The average Bonchev–Trinajstić information content (AvgIpc) is 3.48. The van der Waals surface area contributed by atoms with E-state index in [9.17, 15) is 24.3 Å². The largest absolute Gasteiger partial charge is 0.427 e. The van der Waals surface area contributed by atoms with E-state index in [1.807, 2.05) is 36.4 Å². The number of carbonyl (C=O) groups excluding carboxylic acids is 3. The first kappa shape index (κ1) is 38.2. The molecule has 1 aliphatic heterocycles. The number of aliphatic hydroxyl groups is 2. The molecule has 0 saturated heterocycles. The minimum atomic E-state index is -2.33. The Balaban J connectivity index is 1.22. The van der Waals surface area contributed by atoms with E-state index in [0.29, 0.717) is 60.7 Å². The molecule has 0 amide bonds. The molecule has 0 unspecified atom stereocenters. The summed E-state index contributed by atoms with van der Waals surface area (Å²) in [5, 5.41) is 25.5. The highest BCUT2D eigenvalue weighted by Gasteiger charge is 2.44. The van der Waals surface area contributed by atoms with Gasteiger partial charge in [0.15, 0.2) is 11.6 Å². The number of nitrogens with one attached hydrogen (secondary N) is 1. The number of rotatable bonds is 12. The number of esters is 1. The summed E-state index contributed by atoms with van der Waals surface area (Å²) < 4.78 is 7.86. The molecule has 6 rings (SSSR count). The predicted octanol–water partition coefficient (Wildman–Crippen LogP) is 5.30. The van der Waals surface area contributed by atoms with E-state index in [2.05, 4.69) is 45.2 Å². The summed E-state index contributed by atoms with van der Waals surface area (Å²) in [5.74, 6) is -0.362. The lowest BCUT2D eigenvalue weighted by Crippen LogP contribution is -2.50. The molecular formula is C42H49N3O7Si. The van der Waals surface area contributed by atoms with Crippen molar-refractivity contribution >= 4 is 47.8 Å². The Hall–Kier alpha value is -4.55. The molecule has 4 aromatic rings. The maximum Gasteiger partial charge on any atom is 0.311 e. The normalized spacial score (nSPS) is 16.9. The Morgan fingerprint density at radius 3 is 2.49 bits per heavy atom. The van der Waals surface area contributed by atoms with E-state index in [4.69, 9.17) is 14.8 Å². The summed E-state index contributed by atoms with van der Waals surface area (Å²) in [6.45, 7) is 14.0. The first-order valence-corrected chi connectivity index (χ1v) is 21.4. The second-order valence-electron chi connectivity index (χ2n) is 15.8. The Morgan fingerprint density at radius 1 is 1.08 bits per heavy atom. The maximum atomic E-state index is 13.8. The number of ether oxygens (including phenoxy) is 1. The number of aromatic nitrogens is 2. The molecule has 53 heavy (non-hydrogen) atoms. The third kappa shape index (κ3) is 7.23. The fourth-order valence-electron chi connectivity index (χ4n) is 7.27. The van der Waals surface area contributed by atoms with Crippen molar-refractivity contribution in [2.75, 3.05) is 13.2 Å². The summed E-state index contributed by atoms with van der Waals surface area (Å²) in [4.78, 5) is 56.3. The van der Waals surface area contributed by atoms with Gasteiger partial charge in [0, 0.05) is 41.5 Å². The van der Waals surface area contributed by atoms with Crippen LogP contribution >= 0.6 is 0 Å². The van der Waals surface area contributed by atoms with Crippen LogP contribution in [0, 0.1) is 0 Å². The fourth-order valence-corrected chi connectivity index (χ4v) is 9.65. The Labute approximate surface area is 310 Å². The number of fused-ring (bicyclic) bond motifs is 5. The van der Waals surface area contributed by atoms with Gasteiger partial charge in [-0.1, -0.05) is 71.1 Å². The SMILES string of the molecule is CC[C@@]1(O)C(=O)CCc2c1cc1n(c2=O)Cc2cc3c([Si](C)(C)C(C)(C)C)c(OC(=O)CCCNCc4ccc(/C=C/C(=O)CO)cc4)ccc3nc2-1. The van der Waals surface area contributed by atoms with E-state index in [1.54, 1.807) is 23.6 Å². The number of hydrogen-bond acceptors (Lipinski definition) is 9. The van der Waals surface area contributed by atoms with E-state index >= 15 is 0 Å². The summed E-state index contributed by atoms with van der Waals surface area (Å²) in [5.41, 5.74) is 3.84. The summed E-state index contributed by atoms with van der Waals surface area (Å²) >= 11 is 0. The van der Waals surface area contributed by atoms with Gasteiger partial charge in [-0.15, -0.1) is 0 Å². The zero-order valence-corrected chi connectivity index (χ0v) is 32.5. The Bertz CT molecular complexity index is 2200. The Morgan fingerprint density at radius 2 is 1.81 bits per heavy atom. The molecule has 0 saturated carbocycles. The van der Waals surface area contributed by atoms with Crippen molar-refractivity contribution in [2.45, 2.75) is 96.6 Å². The zero-order valence-electron chi connectivity index (χ0n) is 31.5. The van der Waals surface area contributed by atoms with Gasteiger partial charge in [-0.2, -0.15) is 0 Å². The van der Waals surface area contributed by atoms with Crippen LogP contribution in [0.2, 0.25) is 18.1 Å². The van der Waals surface area contributed by atoms with Crippen LogP contribution in [-0.2, 0) is 39.5 Å². The van der Waals surface area contributed by atoms with Gasteiger partial charge < -0.3 is 24.8 Å². The second-order valence-corrected chi connectivity index (χ2v) is 21.0. The molecule has 1 aliphatic carbocycles. The lowest BCUT2D eigenvalue weighted by atomic mass is 9.77. The highest BCUT2D eigenvalue weighted by molar-refractivity contribution is 6.94. The molecule has 0 bridgehead atoms. The lowest BCUT2D eigenvalue weighted by Gasteiger charge is -2.38. The van der Waals surface area contributed by atoms with Gasteiger partial charge in [0.1, 0.15) is 18.0 Å². The quantitative estimate of drug-likeness (QED) is 0.0511. The maximum absolute atomic E-state index is 13.8. The third-order valence-electron chi connectivity index (χ3n) is 11.4. The van der Waals surface area contributed by atoms with Gasteiger partial charge in [-0.25, -0.2) is 4.98 Å². The molecule has 3 heterocycles. The predicted molar refractivity (Wildman–Crippen MR) is 209 cm³/mol. The minimum absolute atomic E-state index is 0.0905. The third-order valence-corrected chi connectivity index (χ3v) is 16.9. The van der Waals surface area contributed by atoms with Gasteiger partial charge in [0.25, 0.3) is 5.56 Å². The van der Waals surface area contributed by atoms with Crippen LogP contribution in [0.1, 0.15) is 81.2 Å². The fraction of sp³-hybridized carbons (Fsp3) is 0.405. The van der Waals surface area contributed by atoms with Crippen LogP contribution in [0.3, 0.4) is 0 Å². The number of Topliss-reactive ketones (excluding diaryl/α,β-unsaturated/α-hetero) is 1. The number of nitrogens with zero attached hydrogens (tertiary/aromatic N) is 2. The van der Waals surface area contributed by atoms with Crippen LogP contribution < -0.4 is 20.8 Å². The first-order chi connectivity index (χ1) is 25.1. The number of ketones is 2. The van der Waals surface area contributed by atoms with E-state index in [-0.39, 0.29) is 47.4 Å². The highest BCUT2D eigenvalue weighted by Crippen LogP contribution is 2.42. The average molecular weight is 736 g/mol. The van der Waals surface area contributed by atoms with Crippen LogP contribution in [-0.4, -0.2) is 58.5 Å². The lowest BCUT2D eigenvalue weighted by molar-refractivity contribution is -0.140. The van der Waals surface area contributed by atoms with Gasteiger partial charge in [-0.3, -0.25) is 19.2 Å². The van der Waals surface area contributed by atoms with Gasteiger partial charge in [-0.05, 0) is 77.5 Å². The molecule has 0 radical (unpaired) electrons. The minimum Gasteiger partial charge on any atom is -0.427 e. The Kier molecular flexibility index (Phi) is 10.6. The molecule has 2 aromatic carbocycles. The number of pyridine rings is 2. The van der Waals surface area contributed by atoms with Crippen molar-refractivity contribution in [3.05, 3.63) is 92.8 Å². The molecule has 0 spiro atoms. The molecule has 1 atom stereocenters. The van der Waals surface area contributed by atoms with Crippen molar-refractivity contribution in [3.63, 3.8) is 0 Å². The molecule has 0 fully saturated rings. The molecule has 2 aromatic heterocycles. The number of benzene rings is 2. The van der Waals surface area contributed by atoms with Crippen LogP contribution in [0.25, 0.3) is 28.4 Å². The van der Waals surface area contributed by atoms with Crippen LogP contribution in [0.5, 0.6) is 5.75 Å².